The molecule has 108 valence electrons. The van der Waals surface area contributed by atoms with Crippen molar-refractivity contribution in [2.24, 2.45) is 0 Å². The third-order valence-corrected chi connectivity index (χ3v) is 4.17. The van der Waals surface area contributed by atoms with Gasteiger partial charge in [0, 0.05) is 4.88 Å². The fourth-order valence-corrected chi connectivity index (χ4v) is 3.00. The van der Waals surface area contributed by atoms with Crippen LogP contribution in [0, 0.1) is 6.92 Å². The van der Waals surface area contributed by atoms with Gasteiger partial charge >= 0.3 is 0 Å². The molecule has 0 aromatic carbocycles. The summed E-state index contributed by atoms with van der Waals surface area (Å²) in [5.74, 6) is 0.837. The Hall–Kier alpha value is -0.650. The highest BCUT2D eigenvalue weighted by Crippen LogP contribution is 2.21. The lowest BCUT2D eigenvalue weighted by molar-refractivity contribution is -0.122. The minimum Gasteiger partial charge on any atom is -0.308 e. The van der Waals surface area contributed by atoms with Crippen LogP contribution in [0.5, 0.6) is 0 Å². The number of nitrogens with one attached hydrogen (secondary N) is 1. The standard InChI is InChI=1S/C13H21N3OS.ClH/c1-3-7-16-8-5-4-6-11(16)13(17)15-12-10(2)18-9-14-12;/h9,11H,3-8H2,1-2H3,(H,15,17);1H/t11-;/m0./s1. The van der Waals surface area contributed by atoms with E-state index in [0.29, 0.717) is 0 Å². The molecule has 19 heavy (non-hydrogen) atoms. The minimum absolute atomic E-state index is 0. The second kappa shape index (κ2) is 7.82. The van der Waals surface area contributed by atoms with Gasteiger partial charge in [0.15, 0.2) is 0 Å². The predicted molar refractivity (Wildman–Crippen MR) is 82.2 cm³/mol. The number of anilines is 1. The van der Waals surface area contributed by atoms with Crippen LogP contribution in [0.1, 0.15) is 37.5 Å². The van der Waals surface area contributed by atoms with Crippen molar-refractivity contribution in [1.82, 2.24) is 9.88 Å². The summed E-state index contributed by atoms with van der Waals surface area (Å²) in [5, 5.41) is 2.97. The number of likely N-dealkylation sites (tertiary alicyclic amines) is 1. The number of hydrogen-bond acceptors (Lipinski definition) is 4. The molecule has 1 aliphatic heterocycles. The number of hydrogen-bond donors (Lipinski definition) is 1. The lowest BCUT2D eigenvalue weighted by Crippen LogP contribution is -2.47. The number of aromatic nitrogens is 1. The van der Waals surface area contributed by atoms with E-state index in [-0.39, 0.29) is 24.4 Å². The first kappa shape index (κ1) is 16.4. The third kappa shape index (κ3) is 4.16. The molecule has 2 rings (SSSR count). The topological polar surface area (TPSA) is 45.2 Å². The van der Waals surface area contributed by atoms with E-state index in [2.05, 4.69) is 22.1 Å². The summed E-state index contributed by atoms with van der Waals surface area (Å²) >= 11 is 1.56. The van der Waals surface area contributed by atoms with Gasteiger partial charge in [-0.25, -0.2) is 4.98 Å². The van der Waals surface area contributed by atoms with Crippen LogP contribution in [0.25, 0.3) is 0 Å². The number of halogens is 1. The number of piperidine rings is 1. The van der Waals surface area contributed by atoms with Gasteiger partial charge in [0.1, 0.15) is 5.82 Å². The molecule has 1 aromatic heterocycles. The molecule has 6 heteroatoms. The largest absolute Gasteiger partial charge is 0.308 e. The predicted octanol–water partition coefficient (Wildman–Crippen LogP) is 3.08. The second-order valence-electron chi connectivity index (χ2n) is 4.79. The number of thiazole rings is 1. The van der Waals surface area contributed by atoms with Crippen molar-refractivity contribution in [2.75, 3.05) is 18.4 Å². The zero-order valence-electron chi connectivity index (χ0n) is 11.5. The molecule has 0 aliphatic carbocycles. The number of aryl methyl sites for hydroxylation is 1. The zero-order chi connectivity index (χ0) is 13.0. The molecule has 2 heterocycles. The van der Waals surface area contributed by atoms with Crippen LogP contribution in [-0.4, -0.2) is 34.9 Å². The van der Waals surface area contributed by atoms with Crippen molar-refractivity contribution in [2.45, 2.75) is 45.6 Å². The van der Waals surface area contributed by atoms with Crippen LogP contribution >= 0.6 is 23.7 Å². The van der Waals surface area contributed by atoms with Crippen molar-refractivity contribution in [3.63, 3.8) is 0 Å². The number of rotatable bonds is 4. The van der Waals surface area contributed by atoms with Crippen LogP contribution in [0.4, 0.5) is 5.82 Å². The van der Waals surface area contributed by atoms with Gasteiger partial charge in [-0.05, 0) is 39.3 Å². The molecule has 0 saturated carbocycles. The molecule has 0 bridgehead atoms. The Morgan fingerprint density at radius 2 is 2.37 bits per heavy atom. The van der Waals surface area contributed by atoms with E-state index in [0.717, 1.165) is 43.0 Å². The molecule has 0 unspecified atom stereocenters. The molecule has 1 aromatic rings. The van der Waals surface area contributed by atoms with Crippen molar-refractivity contribution in [3.8, 4) is 0 Å². The molecular weight excluding hydrogens is 282 g/mol. The van der Waals surface area contributed by atoms with Crippen molar-refractivity contribution >= 4 is 35.5 Å². The monoisotopic (exact) mass is 303 g/mol. The summed E-state index contributed by atoms with van der Waals surface area (Å²) in [5.41, 5.74) is 1.77. The average molecular weight is 304 g/mol. The normalized spacial score (nSPS) is 19.8. The minimum atomic E-state index is 0. The highest BCUT2D eigenvalue weighted by molar-refractivity contribution is 7.10. The maximum absolute atomic E-state index is 12.3. The van der Waals surface area contributed by atoms with Crippen LogP contribution in [0.15, 0.2) is 5.51 Å². The first-order chi connectivity index (χ1) is 8.72. The van der Waals surface area contributed by atoms with Crippen molar-refractivity contribution in [1.29, 1.82) is 0 Å². The maximum atomic E-state index is 12.3. The molecule has 1 N–H and O–H groups in total. The van der Waals surface area contributed by atoms with Gasteiger partial charge in [-0.15, -0.1) is 23.7 Å². The van der Waals surface area contributed by atoms with Crippen LogP contribution < -0.4 is 5.32 Å². The highest BCUT2D eigenvalue weighted by Gasteiger charge is 2.28. The van der Waals surface area contributed by atoms with E-state index in [4.69, 9.17) is 0 Å². The smallest absolute Gasteiger partial charge is 0.242 e. The zero-order valence-corrected chi connectivity index (χ0v) is 13.1. The van der Waals surface area contributed by atoms with Gasteiger partial charge in [-0.1, -0.05) is 13.3 Å². The second-order valence-corrected chi connectivity index (χ2v) is 5.85. The lowest BCUT2D eigenvalue weighted by Gasteiger charge is -2.34. The van der Waals surface area contributed by atoms with Crippen LogP contribution in [0.3, 0.4) is 0 Å². The van der Waals surface area contributed by atoms with Gasteiger partial charge in [0.2, 0.25) is 5.91 Å². The van der Waals surface area contributed by atoms with Crippen LogP contribution in [0.2, 0.25) is 0 Å². The Morgan fingerprint density at radius 3 is 3.00 bits per heavy atom. The quantitative estimate of drug-likeness (QED) is 0.930. The molecule has 1 saturated heterocycles. The fraction of sp³-hybridized carbons (Fsp3) is 0.692. The van der Waals surface area contributed by atoms with E-state index in [9.17, 15) is 4.79 Å². The molecular formula is C13H22ClN3OS. The SMILES string of the molecule is CCCN1CCCC[C@H]1C(=O)Nc1ncsc1C.Cl. The Balaban J connectivity index is 0.00000180. The fourth-order valence-electron chi connectivity index (χ4n) is 2.47. The molecule has 4 nitrogen and oxygen atoms in total. The first-order valence-electron chi connectivity index (χ1n) is 6.67. The summed E-state index contributed by atoms with van der Waals surface area (Å²) in [6, 6.07) is 0.0276. The number of carbonyl (C=O) groups excluding carboxylic acids is 1. The number of carbonyl (C=O) groups is 1. The van der Waals surface area contributed by atoms with E-state index in [1.54, 1.807) is 16.8 Å². The van der Waals surface area contributed by atoms with Gasteiger partial charge in [0.25, 0.3) is 0 Å². The highest BCUT2D eigenvalue weighted by atomic mass is 35.5. The number of nitrogens with zero attached hydrogens (tertiary/aromatic N) is 2. The van der Waals surface area contributed by atoms with E-state index in [1.165, 1.54) is 6.42 Å². The van der Waals surface area contributed by atoms with E-state index in [1.807, 2.05) is 6.92 Å². The van der Waals surface area contributed by atoms with Gasteiger partial charge in [-0.3, -0.25) is 9.69 Å². The molecule has 0 spiro atoms. The Kier molecular flexibility index (Phi) is 6.75. The Labute approximate surface area is 125 Å². The van der Waals surface area contributed by atoms with E-state index < -0.39 is 0 Å². The molecule has 0 radical (unpaired) electrons. The van der Waals surface area contributed by atoms with Gasteiger partial charge < -0.3 is 5.32 Å². The molecule has 1 aliphatic rings. The summed E-state index contributed by atoms with van der Waals surface area (Å²) in [4.78, 5) is 19.9. The molecule has 1 fully saturated rings. The lowest BCUT2D eigenvalue weighted by atomic mass is 10.0. The third-order valence-electron chi connectivity index (χ3n) is 3.41. The van der Waals surface area contributed by atoms with Crippen LogP contribution in [-0.2, 0) is 4.79 Å². The molecule has 1 atom stereocenters. The maximum Gasteiger partial charge on any atom is 0.242 e. The average Bonchev–Trinajstić information content (AvgIpc) is 2.76. The van der Waals surface area contributed by atoms with Crippen molar-refractivity contribution in [3.05, 3.63) is 10.4 Å². The summed E-state index contributed by atoms with van der Waals surface area (Å²) < 4.78 is 0. The van der Waals surface area contributed by atoms with Gasteiger partial charge in [0.05, 0.1) is 11.6 Å². The summed E-state index contributed by atoms with van der Waals surface area (Å²) in [7, 11) is 0. The molecule has 1 amide bonds. The Morgan fingerprint density at radius 1 is 1.58 bits per heavy atom. The van der Waals surface area contributed by atoms with Crippen molar-refractivity contribution < 1.29 is 4.79 Å². The summed E-state index contributed by atoms with van der Waals surface area (Å²) in [6.07, 6.45) is 4.42. The van der Waals surface area contributed by atoms with E-state index >= 15 is 0 Å². The number of amides is 1. The first-order valence-corrected chi connectivity index (χ1v) is 7.55. The Bertz CT molecular complexity index is 408. The summed E-state index contributed by atoms with van der Waals surface area (Å²) in [6.45, 7) is 6.20. The van der Waals surface area contributed by atoms with Gasteiger partial charge in [-0.2, -0.15) is 0 Å².